The number of aromatic hydroxyl groups is 1. The highest BCUT2D eigenvalue weighted by Gasteiger charge is 2.31. The molecule has 2 heterocycles. The Morgan fingerprint density at radius 2 is 1.97 bits per heavy atom. The van der Waals surface area contributed by atoms with Crippen LogP contribution in [0.3, 0.4) is 0 Å². The van der Waals surface area contributed by atoms with Crippen LogP contribution in [0.4, 0.5) is 4.39 Å². The summed E-state index contributed by atoms with van der Waals surface area (Å²) in [5.41, 5.74) is 1.47. The molecule has 2 aliphatic rings. The molecule has 0 aliphatic carbocycles. The normalized spacial score (nSPS) is 18.5. The fourth-order valence-corrected chi connectivity index (χ4v) is 4.33. The number of fused-ring (bicyclic) bond motifs is 1. The minimum atomic E-state index is -0.642. The average Bonchev–Trinajstić information content (AvgIpc) is 3.06. The first kappa shape index (κ1) is 24.3. The van der Waals surface area contributed by atoms with Crippen molar-refractivity contribution in [1.29, 1.82) is 0 Å². The van der Waals surface area contributed by atoms with Gasteiger partial charge in [-0.1, -0.05) is 32.0 Å². The van der Waals surface area contributed by atoms with Crippen molar-refractivity contribution in [3.05, 3.63) is 53.3 Å². The van der Waals surface area contributed by atoms with E-state index >= 15 is 0 Å². The summed E-state index contributed by atoms with van der Waals surface area (Å²) in [6.07, 6.45) is 0.217. The predicted octanol–water partition coefficient (Wildman–Crippen LogP) is 3.58. The van der Waals surface area contributed by atoms with Crippen LogP contribution in [0.25, 0.3) is 0 Å². The maximum atomic E-state index is 13.7. The van der Waals surface area contributed by atoms with Crippen molar-refractivity contribution in [3.63, 3.8) is 0 Å². The fraction of sp³-hybridized carbons (Fsp3) is 0.500. The van der Waals surface area contributed by atoms with E-state index in [0.717, 1.165) is 17.7 Å². The van der Waals surface area contributed by atoms with E-state index in [9.17, 15) is 14.3 Å². The Labute approximate surface area is 200 Å². The first-order valence-corrected chi connectivity index (χ1v) is 11.9. The van der Waals surface area contributed by atoms with Crippen LogP contribution in [-0.2, 0) is 22.6 Å². The maximum Gasteiger partial charge on any atom is 0.253 e. The maximum absolute atomic E-state index is 13.7. The molecule has 8 heteroatoms. The molecule has 2 aromatic carbocycles. The van der Waals surface area contributed by atoms with Gasteiger partial charge in [-0.05, 0) is 29.7 Å². The van der Waals surface area contributed by atoms with Crippen LogP contribution >= 0.6 is 0 Å². The van der Waals surface area contributed by atoms with E-state index in [0.29, 0.717) is 63.9 Å². The van der Waals surface area contributed by atoms with Crippen molar-refractivity contribution < 1.29 is 28.5 Å². The van der Waals surface area contributed by atoms with Crippen LogP contribution in [0, 0.1) is 11.7 Å². The van der Waals surface area contributed by atoms with E-state index in [-0.39, 0.29) is 17.6 Å². The first-order valence-electron chi connectivity index (χ1n) is 11.9. The number of benzene rings is 2. The monoisotopic (exact) mass is 472 g/mol. The highest BCUT2D eigenvalue weighted by atomic mass is 19.1. The molecule has 0 bridgehead atoms. The number of phenolic OH excluding ortho intramolecular Hbond substituents is 1. The van der Waals surface area contributed by atoms with Crippen LogP contribution in [0.2, 0.25) is 0 Å². The summed E-state index contributed by atoms with van der Waals surface area (Å²) in [4.78, 5) is 17.4. The largest absolute Gasteiger partial charge is 0.505 e. The van der Waals surface area contributed by atoms with Gasteiger partial charge in [0.2, 0.25) is 0 Å². The van der Waals surface area contributed by atoms with Crippen molar-refractivity contribution in [2.75, 3.05) is 39.5 Å². The van der Waals surface area contributed by atoms with Crippen LogP contribution in [0.5, 0.6) is 17.2 Å². The summed E-state index contributed by atoms with van der Waals surface area (Å²) in [7, 11) is 0. The Morgan fingerprint density at radius 3 is 2.76 bits per heavy atom. The Bertz CT molecular complexity index is 999. The zero-order valence-electron chi connectivity index (χ0n) is 19.8. The lowest BCUT2D eigenvalue weighted by Gasteiger charge is -2.35. The number of rotatable bonds is 7. The molecule has 2 aromatic rings. The molecular formula is C26H33FN2O5. The van der Waals surface area contributed by atoms with Gasteiger partial charge in [-0.3, -0.25) is 9.69 Å². The second-order valence-corrected chi connectivity index (χ2v) is 9.29. The van der Waals surface area contributed by atoms with Gasteiger partial charge in [0, 0.05) is 44.7 Å². The lowest BCUT2D eigenvalue weighted by atomic mass is 10.1. The topological polar surface area (TPSA) is 71.5 Å². The number of hydrogen-bond donors (Lipinski definition) is 1. The molecule has 0 unspecified atom stereocenters. The number of nitrogens with zero attached hydrogens (tertiary/aromatic N) is 2. The molecule has 2 aliphatic heterocycles. The van der Waals surface area contributed by atoms with Gasteiger partial charge in [-0.2, -0.15) is 0 Å². The molecule has 0 aromatic heterocycles. The molecule has 0 radical (unpaired) electrons. The quantitative estimate of drug-likeness (QED) is 0.664. The summed E-state index contributed by atoms with van der Waals surface area (Å²) in [5, 5.41) is 10.0. The molecule has 1 atom stereocenters. The third-order valence-corrected chi connectivity index (χ3v) is 5.97. The minimum Gasteiger partial charge on any atom is -0.505 e. The van der Waals surface area contributed by atoms with Gasteiger partial charge in [0.25, 0.3) is 5.91 Å². The van der Waals surface area contributed by atoms with Gasteiger partial charge in [0.05, 0.1) is 19.8 Å². The van der Waals surface area contributed by atoms with Crippen molar-refractivity contribution in [3.8, 4) is 17.2 Å². The Morgan fingerprint density at radius 1 is 1.18 bits per heavy atom. The molecule has 7 nitrogen and oxygen atoms in total. The van der Waals surface area contributed by atoms with Crippen LogP contribution in [0.1, 0.15) is 31.4 Å². The van der Waals surface area contributed by atoms with Crippen LogP contribution < -0.4 is 9.47 Å². The standard InChI is InChI=1S/C26H33FN2O5/c1-18(2)14-29(15-19-7-8-22-23(13-19)33-11-4-10-32-22)26(31)24-17-28(9-12-34-24)16-20-5-3-6-21(27)25(20)30/h3,5-8,13,18,24,30H,4,9-12,14-17H2,1-2H3/t24-/m1/s1. The van der Waals surface area contributed by atoms with Crippen molar-refractivity contribution in [1.82, 2.24) is 9.80 Å². The van der Waals surface area contributed by atoms with Gasteiger partial charge < -0.3 is 24.2 Å². The summed E-state index contributed by atoms with van der Waals surface area (Å²) in [6.45, 7) is 8.16. The van der Waals surface area contributed by atoms with Gasteiger partial charge >= 0.3 is 0 Å². The Kier molecular flexibility index (Phi) is 7.90. The number of ether oxygens (including phenoxy) is 3. The second kappa shape index (κ2) is 11.1. The number of hydrogen-bond acceptors (Lipinski definition) is 6. The highest BCUT2D eigenvalue weighted by molar-refractivity contribution is 5.81. The summed E-state index contributed by atoms with van der Waals surface area (Å²) in [5.74, 6) is 0.670. The number of carbonyl (C=O) groups excluding carboxylic acids is 1. The van der Waals surface area contributed by atoms with Gasteiger partial charge in [-0.25, -0.2) is 4.39 Å². The highest BCUT2D eigenvalue weighted by Crippen LogP contribution is 2.31. The Balaban J connectivity index is 1.45. The summed E-state index contributed by atoms with van der Waals surface area (Å²) in [6, 6.07) is 10.3. The van der Waals surface area contributed by atoms with E-state index in [1.54, 1.807) is 12.1 Å². The van der Waals surface area contributed by atoms with Gasteiger partial charge in [0.15, 0.2) is 23.1 Å². The molecular weight excluding hydrogens is 439 g/mol. The van der Waals surface area contributed by atoms with Crippen molar-refractivity contribution in [2.24, 2.45) is 5.92 Å². The van der Waals surface area contributed by atoms with E-state index in [1.807, 2.05) is 28.0 Å². The lowest BCUT2D eigenvalue weighted by molar-refractivity contribution is -0.151. The molecule has 184 valence electrons. The first-order chi connectivity index (χ1) is 16.4. The number of amides is 1. The third-order valence-electron chi connectivity index (χ3n) is 5.97. The van der Waals surface area contributed by atoms with E-state index in [1.165, 1.54) is 6.07 Å². The number of halogens is 1. The summed E-state index contributed by atoms with van der Waals surface area (Å²) >= 11 is 0. The molecule has 1 amide bonds. The number of para-hydroxylation sites is 1. The van der Waals surface area contributed by atoms with Crippen LogP contribution in [-0.4, -0.2) is 66.4 Å². The number of carbonyl (C=O) groups is 1. The molecule has 0 spiro atoms. The van der Waals surface area contributed by atoms with Crippen molar-refractivity contribution >= 4 is 5.91 Å². The van der Waals surface area contributed by atoms with E-state index < -0.39 is 11.9 Å². The smallest absolute Gasteiger partial charge is 0.253 e. The average molecular weight is 473 g/mol. The fourth-order valence-electron chi connectivity index (χ4n) is 4.33. The third kappa shape index (κ3) is 5.98. The van der Waals surface area contributed by atoms with Crippen LogP contribution in [0.15, 0.2) is 36.4 Å². The molecule has 34 heavy (non-hydrogen) atoms. The number of morpholine rings is 1. The molecule has 4 rings (SSSR count). The minimum absolute atomic E-state index is 0.0750. The van der Waals surface area contributed by atoms with Gasteiger partial charge in [0.1, 0.15) is 6.10 Å². The lowest BCUT2D eigenvalue weighted by Crippen LogP contribution is -2.51. The van der Waals surface area contributed by atoms with Crippen molar-refractivity contribution in [2.45, 2.75) is 39.5 Å². The zero-order chi connectivity index (χ0) is 24.1. The molecule has 1 fully saturated rings. The van der Waals surface area contributed by atoms with E-state index in [4.69, 9.17) is 14.2 Å². The molecule has 0 saturated carbocycles. The predicted molar refractivity (Wildman–Crippen MR) is 125 cm³/mol. The van der Waals surface area contributed by atoms with Gasteiger partial charge in [-0.15, -0.1) is 0 Å². The summed E-state index contributed by atoms with van der Waals surface area (Å²) < 4.78 is 31.1. The second-order valence-electron chi connectivity index (χ2n) is 9.29. The zero-order valence-corrected chi connectivity index (χ0v) is 19.8. The molecule has 1 saturated heterocycles. The van der Waals surface area contributed by atoms with E-state index in [2.05, 4.69) is 13.8 Å². The Hall–Kier alpha value is -2.84. The SMILES string of the molecule is CC(C)CN(Cc1ccc2c(c1)OCCCO2)C(=O)[C@H]1CN(Cc2cccc(F)c2O)CCO1. The number of phenols is 1. The molecule has 1 N–H and O–H groups in total.